The molecule has 0 unspecified atom stereocenters. The summed E-state index contributed by atoms with van der Waals surface area (Å²) in [6, 6.07) is 9.28. The summed E-state index contributed by atoms with van der Waals surface area (Å²) in [5.41, 5.74) is 3.28. The number of carboxylic acid groups (broad SMARTS) is 1. The fraction of sp³-hybridized carbons (Fsp3) is 0.188. The van der Waals surface area contributed by atoms with Crippen molar-refractivity contribution in [1.29, 1.82) is 0 Å². The van der Waals surface area contributed by atoms with E-state index in [1.165, 1.54) is 0 Å². The highest BCUT2D eigenvalue weighted by atomic mass is 35.5. The van der Waals surface area contributed by atoms with Crippen LogP contribution in [0.4, 0.5) is 0 Å². The molecular weight excluding hydrogens is 302 g/mol. The number of rotatable bonds is 4. The number of hydrogen-bond acceptors (Lipinski definition) is 3. The molecule has 2 aromatic heterocycles. The number of pyridine rings is 1. The zero-order valence-electron chi connectivity index (χ0n) is 12.0. The van der Waals surface area contributed by atoms with E-state index in [1.54, 1.807) is 12.3 Å². The molecule has 0 atom stereocenters. The third kappa shape index (κ3) is 2.80. The second kappa shape index (κ2) is 5.77. The fourth-order valence-electron chi connectivity index (χ4n) is 2.38. The van der Waals surface area contributed by atoms with Crippen LogP contribution in [0.5, 0.6) is 0 Å². The van der Waals surface area contributed by atoms with Gasteiger partial charge in [0.05, 0.1) is 6.42 Å². The predicted octanol–water partition coefficient (Wildman–Crippen LogP) is 3.53. The van der Waals surface area contributed by atoms with Gasteiger partial charge in [-0.2, -0.15) is 0 Å². The number of fused-ring (bicyclic) bond motifs is 1. The number of aryl methyl sites for hydroxylation is 2. The van der Waals surface area contributed by atoms with E-state index in [0.29, 0.717) is 23.0 Å². The minimum Gasteiger partial charge on any atom is -0.481 e. The van der Waals surface area contributed by atoms with Crippen molar-refractivity contribution in [3.8, 4) is 11.4 Å². The van der Waals surface area contributed by atoms with Gasteiger partial charge in [0.15, 0.2) is 5.65 Å². The van der Waals surface area contributed by atoms with Crippen molar-refractivity contribution < 1.29 is 9.90 Å². The molecule has 5 nitrogen and oxygen atoms in total. The molecule has 22 heavy (non-hydrogen) atoms. The fourth-order valence-corrected chi connectivity index (χ4v) is 2.57. The maximum absolute atomic E-state index is 10.9. The SMILES string of the molecule is Cc1cnc2c(c1)nc(-c1cccc(Cl)c1)n2CCC(=O)O. The van der Waals surface area contributed by atoms with E-state index in [9.17, 15) is 4.79 Å². The molecule has 0 aliphatic heterocycles. The van der Waals surface area contributed by atoms with Gasteiger partial charge in [-0.05, 0) is 30.7 Å². The quantitative estimate of drug-likeness (QED) is 0.799. The van der Waals surface area contributed by atoms with Gasteiger partial charge >= 0.3 is 5.97 Å². The molecule has 0 radical (unpaired) electrons. The number of nitrogens with zero attached hydrogens (tertiary/aromatic N) is 3. The summed E-state index contributed by atoms with van der Waals surface area (Å²) in [4.78, 5) is 19.9. The first-order valence-corrected chi connectivity index (χ1v) is 7.23. The predicted molar refractivity (Wildman–Crippen MR) is 85.0 cm³/mol. The maximum atomic E-state index is 10.9. The molecule has 1 aromatic carbocycles. The van der Waals surface area contributed by atoms with Crippen LogP contribution in [0, 0.1) is 6.92 Å². The van der Waals surface area contributed by atoms with Crippen LogP contribution in [0.3, 0.4) is 0 Å². The number of hydrogen-bond donors (Lipinski definition) is 1. The third-order valence-electron chi connectivity index (χ3n) is 3.35. The summed E-state index contributed by atoms with van der Waals surface area (Å²) < 4.78 is 1.83. The standard InChI is InChI=1S/C16H14ClN3O2/c1-10-7-13-16(18-9-10)20(6-5-14(21)22)15(19-13)11-3-2-4-12(17)8-11/h2-4,7-9H,5-6H2,1H3,(H,21,22). The number of imidazole rings is 1. The van der Waals surface area contributed by atoms with Gasteiger partial charge in [0, 0.05) is 23.3 Å². The number of aliphatic carboxylic acids is 1. The van der Waals surface area contributed by atoms with E-state index in [0.717, 1.165) is 16.6 Å². The summed E-state index contributed by atoms with van der Waals surface area (Å²) in [6.45, 7) is 2.26. The molecule has 0 aliphatic carbocycles. The highest BCUT2D eigenvalue weighted by Gasteiger charge is 2.15. The lowest BCUT2D eigenvalue weighted by Gasteiger charge is -2.07. The first-order chi connectivity index (χ1) is 10.5. The average molecular weight is 316 g/mol. The molecule has 0 saturated carbocycles. The van der Waals surface area contributed by atoms with Crippen molar-refractivity contribution in [1.82, 2.24) is 14.5 Å². The summed E-state index contributed by atoms with van der Waals surface area (Å²) in [5.74, 6) is -0.178. The second-order valence-corrected chi connectivity index (χ2v) is 5.53. The molecule has 2 heterocycles. The van der Waals surface area contributed by atoms with Crippen molar-refractivity contribution in [2.75, 3.05) is 0 Å². The van der Waals surface area contributed by atoms with Gasteiger partial charge in [-0.15, -0.1) is 0 Å². The average Bonchev–Trinajstić information content (AvgIpc) is 2.82. The number of carbonyl (C=O) groups is 1. The van der Waals surface area contributed by atoms with E-state index < -0.39 is 5.97 Å². The molecule has 3 rings (SSSR count). The Hall–Kier alpha value is -2.40. The Kier molecular flexibility index (Phi) is 3.81. The molecule has 1 N–H and O–H groups in total. The van der Waals surface area contributed by atoms with Gasteiger partial charge in [-0.1, -0.05) is 23.7 Å². The Morgan fingerprint density at radius 3 is 2.91 bits per heavy atom. The monoisotopic (exact) mass is 315 g/mol. The summed E-state index contributed by atoms with van der Waals surface area (Å²) in [6.07, 6.45) is 1.76. The van der Waals surface area contributed by atoms with Crippen LogP contribution >= 0.6 is 11.6 Å². The Labute approximate surface area is 132 Å². The van der Waals surface area contributed by atoms with E-state index in [-0.39, 0.29) is 6.42 Å². The summed E-state index contributed by atoms with van der Waals surface area (Å²) in [5, 5.41) is 9.57. The Morgan fingerprint density at radius 1 is 1.36 bits per heavy atom. The van der Waals surface area contributed by atoms with Gasteiger partial charge in [-0.25, -0.2) is 9.97 Å². The van der Waals surface area contributed by atoms with Gasteiger partial charge in [0.1, 0.15) is 11.3 Å². The zero-order chi connectivity index (χ0) is 15.7. The van der Waals surface area contributed by atoms with E-state index >= 15 is 0 Å². The lowest BCUT2D eigenvalue weighted by molar-refractivity contribution is -0.137. The molecule has 0 spiro atoms. The van der Waals surface area contributed by atoms with Crippen LogP contribution in [0.2, 0.25) is 5.02 Å². The minimum absolute atomic E-state index is 0.00851. The molecule has 0 fully saturated rings. The molecule has 0 saturated heterocycles. The first kappa shape index (κ1) is 14.5. The van der Waals surface area contributed by atoms with Crippen LogP contribution in [0.1, 0.15) is 12.0 Å². The van der Waals surface area contributed by atoms with Gasteiger partial charge in [0.25, 0.3) is 0 Å². The van der Waals surface area contributed by atoms with Crippen molar-refractivity contribution in [2.24, 2.45) is 0 Å². The van der Waals surface area contributed by atoms with E-state index in [4.69, 9.17) is 16.7 Å². The van der Waals surface area contributed by atoms with Crippen LogP contribution in [-0.2, 0) is 11.3 Å². The Balaban J connectivity index is 2.18. The second-order valence-electron chi connectivity index (χ2n) is 5.10. The zero-order valence-corrected chi connectivity index (χ0v) is 12.7. The number of benzene rings is 1. The highest BCUT2D eigenvalue weighted by molar-refractivity contribution is 6.30. The van der Waals surface area contributed by atoms with Crippen LogP contribution in [-0.4, -0.2) is 25.6 Å². The van der Waals surface area contributed by atoms with Crippen molar-refractivity contribution in [2.45, 2.75) is 19.9 Å². The van der Waals surface area contributed by atoms with Gasteiger partial charge < -0.3 is 9.67 Å². The van der Waals surface area contributed by atoms with Crippen molar-refractivity contribution in [3.05, 3.63) is 47.1 Å². The van der Waals surface area contributed by atoms with Gasteiger partial charge in [-0.3, -0.25) is 4.79 Å². The first-order valence-electron chi connectivity index (χ1n) is 6.85. The normalized spacial score (nSPS) is 11.0. The van der Waals surface area contributed by atoms with E-state index in [1.807, 2.05) is 35.8 Å². The Morgan fingerprint density at radius 2 is 2.18 bits per heavy atom. The van der Waals surface area contributed by atoms with Crippen molar-refractivity contribution in [3.63, 3.8) is 0 Å². The lowest BCUT2D eigenvalue weighted by atomic mass is 10.2. The molecule has 0 amide bonds. The molecule has 3 aromatic rings. The number of aromatic nitrogens is 3. The van der Waals surface area contributed by atoms with Crippen LogP contribution in [0.15, 0.2) is 36.5 Å². The minimum atomic E-state index is -0.856. The largest absolute Gasteiger partial charge is 0.481 e. The molecule has 112 valence electrons. The maximum Gasteiger partial charge on any atom is 0.305 e. The highest BCUT2D eigenvalue weighted by Crippen LogP contribution is 2.26. The van der Waals surface area contributed by atoms with Crippen LogP contribution < -0.4 is 0 Å². The van der Waals surface area contributed by atoms with Crippen molar-refractivity contribution >= 4 is 28.7 Å². The molecule has 6 heteroatoms. The summed E-state index contributed by atoms with van der Waals surface area (Å²) in [7, 11) is 0. The molecular formula is C16H14ClN3O2. The van der Waals surface area contributed by atoms with Crippen LogP contribution in [0.25, 0.3) is 22.6 Å². The van der Waals surface area contributed by atoms with Gasteiger partial charge in [0.2, 0.25) is 0 Å². The molecule has 0 aliphatic rings. The number of halogens is 1. The smallest absolute Gasteiger partial charge is 0.305 e. The van der Waals surface area contributed by atoms with E-state index in [2.05, 4.69) is 9.97 Å². The lowest BCUT2D eigenvalue weighted by Crippen LogP contribution is -2.06. The summed E-state index contributed by atoms with van der Waals surface area (Å²) >= 11 is 6.05. The topological polar surface area (TPSA) is 68.0 Å². The number of carboxylic acids is 1. The third-order valence-corrected chi connectivity index (χ3v) is 3.59. The Bertz CT molecular complexity index is 858. The molecule has 0 bridgehead atoms.